The minimum atomic E-state index is -1.13. The Kier molecular flexibility index (Phi) is 5.82. The molecule has 3 rings (SSSR count). The zero-order chi connectivity index (χ0) is 19.6. The highest BCUT2D eigenvalue weighted by Crippen LogP contribution is 2.35. The molecule has 0 aliphatic carbocycles. The molecule has 1 N–H and O–H groups in total. The van der Waals surface area contributed by atoms with Crippen LogP contribution in [0.5, 0.6) is 5.75 Å². The lowest BCUT2D eigenvalue weighted by Gasteiger charge is -2.24. The van der Waals surface area contributed by atoms with E-state index in [1.54, 1.807) is 38.3 Å². The third-order valence-electron chi connectivity index (χ3n) is 4.61. The van der Waals surface area contributed by atoms with Crippen molar-refractivity contribution in [3.8, 4) is 5.75 Å². The highest BCUT2D eigenvalue weighted by Gasteiger charge is 2.46. The molecule has 1 fully saturated rings. The molecule has 0 bridgehead atoms. The van der Waals surface area contributed by atoms with E-state index in [1.807, 2.05) is 30.3 Å². The molecule has 2 aromatic carbocycles. The minimum Gasteiger partial charge on any atom is -0.497 e. The molecule has 6 nitrogen and oxygen atoms in total. The number of halogens is 1. The van der Waals surface area contributed by atoms with E-state index in [0.717, 1.165) is 10.5 Å². The molecule has 2 amide bonds. The van der Waals surface area contributed by atoms with Crippen LogP contribution in [0.4, 0.5) is 4.79 Å². The van der Waals surface area contributed by atoms with Crippen molar-refractivity contribution < 1.29 is 24.2 Å². The number of rotatable bonds is 5. The van der Waals surface area contributed by atoms with Crippen LogP contribution in [0.2, 0.25) is 0 Å². The molecular formula is C20H20BrNO5. The first-order valence-electron chi connectivity index (χ1n) is 8.48. The van der Waals surface area contributed by atoms with Crippen molar-refractivity contribution in [1.29, 1.82) is 0 Å². The smallest absolute Gasteiger partial charge is 0.417 e. The SMILES string of the molecule is COc1ccc([C@@H](O)[C@@H](Br)C(=O)N2C(=O)O[C@H](c3ccccc3)[C@@H]2C)cc1. The highest BCUT2D eigenvalue weighted by molar-refractivity contribution is 9.10. The van der Waals surface area contributed by atoms with Crippen LogP contribution in [-0.2, 0) is 9.53 Å². The third kappa shape index (κ3) is 3.84. The molecular weight excluding hydrogens is 414 g/mol. The lowest BCUT2D eigenvalue weighted by molar-refractivity contribution is -0.130. The van der Waals surface area contributed by atoms with Crippen molar-refractivity contribution in [3.63, 3.8) is 0 Å². The highest BCUT2D eigenvalue weighted by atomic mass is 79.9. The summed E-state index contributed by atoms with van der Waals surface area (Å²) in [5.74, 6) is 0.0973. The van der Waals surface area contributed by atoms with E-state index in [0.29, 0.717) is 11.3 Å². The molecule has 0 saturated carbocycles. The van der Waals surface area contributed by atoms with Gasteiger partial charge in [-0.25, -0.2) is 9.69 Å². The first-order chi connectivity index (χ1) is 12.9. The molecule has 2 aromatic rings. The Hall–Kier alpha value is -2.38. The summed E-state index contributed by atoms with van der Waals surface area (Å²) in [5.41, 5.74) is 1.35. The molecule has 1 heterocycles. The summed E-state index contributed by atoms with van der Waals surface area (Å²) in [6.07, 6.45) is -2.38. The summed E-state index contributed by atoms with van der Waals surface area (Å²) in [7, 11) is 1.55. The number of carbonyl (C=O) groups is 2. The Morgan fingerprint density at radius 3 is 2.41 bits per heavy atom. The fourth-order valence-electron chi connectivity index (χ4n) is 3.08. The lowest BCUT2D eigenvalue weighted by atomic mass is 10.0. The first-order valence-corrected chi connectivity index (χ1v) is 9.40. The summed E-state index contributed by atoms with van der Waals surface area (Å²) in [4.78, 5) is 25.3. The molecule has 7 heteroatoms. The maximum absolute atomic E-state index is 12.9. The fourth-order valence-corrected chi connectivity index (χ4v) is 3.61. The van der Waals surface area contributed by atoms with Crippen LogP contribution in [0.25, 0.3) is 0 Å². The second-order valence-corrected chi connectivity index (χ2v) is 7.27. The molecule has 27 heavy (non-hydrogen) atoms. The zero-order valence-electron chi connectivity index (χ0n) is 14.9. The first kappa shape index (κ1) is 19.4. The average molecular weight is 434 g/mol. The standard InChI is InChI=1S/C20H20BrNO5/c1-12-18(14-6-4-3-5-7-14)27-20(25)22(12)19(24)16(21)17(23)13-8-10-15(26-2)11-9-13/h3-12,16-18,23H,1-2H3/t12-,16+,17+,18-/m0/s1. The van der Waals surface area contributed by atoms with E-state index in [1.165, 1.54) is 0 Å². The summed E-state index contributed by atoms with van der Waals surface area (Å²) in [6.45, 7) is 1.75. The number of ether oxygens (including phenoxy) is 2. The van der Waals surface area contributed by atoms with Crippen LogP contribution in [0.15, 0.2) is 54.6 Å². The van der Waals surface area contributed by atoms with Crippen molar-refractivity contribution in [2.75, 3.05) is 7.11 Å². The van der Waals surface area contributed by atoms with Gasteiger partial charge in [0.25, 0.3) is 0 Å². The molecule has 1 saturated heterocycles. The molecule has 0 radical (unpaired) electrons. The Balaban J connectivity index is 1.76. The number of cyclic esters (lactones) is 1. The topological polar surface area (TPSA) is 76.1 Å². The summed E-state index contributed by atoms with van der Waals surface area (Å²) in [5, 5.41) is 10.6. The van der Waals surface area contributed by atoms with E-state index in [9.17, 15) is 14.7 Å². The maximum atomic E-state index is 12.9. The van der Waals surface area contributed by atoms with Gasteiger partial charge in [-0.3, -0.25) is 4.79 Å². The van der Waals surface area contributed by atoms with Crippen LogP contribution in [0.3, 0.4) is 0 Å². The van der Waals surface area contributed by atoms with Crippen LogP contribution < -0.4 is 4.74 Å². The van der Waals surface area contributed by atoms with Gasteiger partial charge in [0.15, 0.2) is 0 Å². The average Bonchev–Trinajstić information content (AvgIpc) is 3.01. The van der Waals surface area contributed by atoms with Gasteiger partial charge in [0.1, 0.15) is 22.8 Å². The molecule has 1 aliphatic heterocycles. The number of aliphatic hydroxyl groups is 1. The van der Waals surface area contributed by atoms with E-state index >= 15 is 0 Å². The van der Waals surface area contributed by atoms with Crippen LogP contribution in [-0.4, -0.2) is 40.0 Å². The Morgan fingerprint density at radius 1 is 1.19 bits per heavy atom. The largest absolute Gasteiger partial charge is 0.497 e. The minimum absolute atomic E-state index is 0.490. The number of nitrogens with zero attached hydrogens (tertiary/aromatic N) is 1. The van der Waals surface area contributed by atoms with Crippen molar-refractivity contribution in [3.05, 3.63) is 65.7 Å². The molecule has 142 valence electrons. The summed E-state index contributed by atoms with van der Waals surface area (Å²) in [6, 6.07) is 15.5. The van der Waals surface area contributed by atoms with E-state index in [4.69, 9.17) is 9.47 Å². The number of amides is 2. The predicted molar refractivity (Wildman–Crippen MR) is 103 cm³/mol. The van der Waals surface area contributed by atoms with E-state index in [2.05, 4.69) is 15.9 Å². The zero-order valence-corrected chi connectivity index (χ0v) is 16.5. The quantitative estimate of drug-likeness (QED) is 0.728. The number of imide groups is 1. The normalized spacial score (nSPS) is 21.5. The van der Waals surface area contributed by atoms with E-state index < -0.39 is 35.1 Å². The fraction of sp³-hybridized carbons (Fsp3) is 0.300. The van der Waals surface area contributed by atoms with Gasteiger partial charge in [-0.1, -0.05) is 58.4 Å². The van der Waals surface area contributed by atoms with E-state index in [-0.39, 0.29) is 0 Å². The van der Waals surface area contributed by atoms with Crippen LogP contribution in [0, 0.1) is 0 Å². The number of benzene rings is 2. The lowest BCUT2D eigenvalue weighted by Crippen LogP contribution is -2.43. The molecule has 1 aliphatic rings. The second-order valence-electron chi connectivity index (χ2n) is 6.28. The summed E-state index contributed by atoms with van der Waals surface area (Å²) < 4.78 is 10.5. The molecule has 0 spiro atoms. The molecule has 4 atom stereocenters. The van der Waals surface area contributed by atoms with Crippen molar-refractivity contribution in [2.24, 2.45) is 0 Å². The van der Waals surface area contributed by atoms with Crippen LogP contribution in [0.1, 0.15) is 30.3 Å². The number of hydrogen-bond donors (Lipinski definition) is 1. The Morgan fingerprint density at radius 2 is 1.81 bits per heavy atom. The van der Waals surface area contributed by atoms with Crippen molar-refractivity contribution in [2.45, 2.75) is 30.0 Å². The van der Waals surface area contributed by atoms with Gasteiger partial charge < -0.3 is 14.6 Å². The second kappa shape index (κ2) is 8.10. The van der Waals surface area contributed by atoms with Gasteiger partial charge in [0.05, 0.1) is 13.2 Å². The Bertz CT molecular complexity index is 811. The van der Waals surface area contributed by atoms with Gasteiger partial charge in [0, 0.05) is 0 Å². The van der Waals surface area contributed by atoms with Crippen LogP contribution >= 0.6 is 15.9 Å². The molecule has 0 aromatic heterocycles. The maximum Gasteiger partial charge on any atom is 0.417 e. The van der Waals surface area contributed by atoms with Crippen molar-refractivity contribution >= 4 is 27.9 Å². The number of carbonyl (C=O) groups excluding carboxylic acids is 2. The van der Waals surface area contributed by atoms with Crippen molar-refractivity contribution in [1.82, 2.24) is 4.90 Å². The van der Waals surface area contributed by atoms with Gasteiger partial charge in [0.2, 0.25) is 5.91 Å². The van der Waals surface area contributed by atoms with Gasteiger partial charge in [-0.15, -0.1) is 0 Å². The number of methoxy groups -OCH3 is 1. The number of alkyl halides is 1. The monoisotopic (exact) mass is 433 g/mol. The predicted octanol–water partition coefficient (Wildman–Crippen LogP) is 3.60. The Labute approximate surface area is 165 Å². The number of aliphatic hydroxyl groups excluding tert-OH is 1. The number of hydrogen-bond acceptors (Lipinski definition) is 5. The van der Waals surface area contributed by atoms with Gasteiger partial charge in [-0.05, 0) is 30.2 Å². The molecule has 0 unspecified atom stereocenters. The van der Waals surface area contributed by atoms with Gasteiger partial charge >= 0.3 is 6.09 Å². The third-order valence-corrected chi connectivity index (χ3v) is 5.50. The summed E-state index contributed by atoms with van der Waals surface area (Å²) >= 11 is 3.24. The van der Waals surface area contributed by atoms with Gasteiger partial charge in [-0.2, -0.15) is 0 Å².